The standard InChI is InChI=1S/C25H26FN5O2/c26-21-8-2-1-6-18(21)14-19-7-3-9-22(30-19)25(33)31-11-4-5-17(10-12-31)13-20-15-23(24(27)32)29-16-28-20/h1-3,6-9,15-17H,4-5,10-14H2,(H2,27,32). The van der Waals surface area contributed by atoms with E-state index in [1.807, 2.05) is 11.0 Å². The van der Waals surface area contributed by atoms with Crippen LogP contribution in [-0.4, -0.2) is 44.8 Å². The molecule has 1 aliphatic rings. The van der Waals surface area contributed by atoms with Gasteiger partial charge in [0.1, 0.15) is 23.5 Å². The van der Waals surface area contributed by atoms with Crippen molar-refractivity contribution in [2.45, 2.75) is 32.1 Å². The number of hydrogen-bond donors (Lipinski definition) is 1. The highest BCUT2D eigenvalue weighted by molar-refractivity contribution is 5.92. The van der Waals surface area contributed by atoms with Crippen molar-refractivity contribution >= 4 is 11.8 Å². The van der Waals surface area contributed by atoms with Gasteiger partial charge in [0.05, 0.1) is 0 Å². The number of pyridine rings is 1. The monoisotopic (exact) mass is 447 g/mol. The number of hydrogen-bond acceptors (Lipinski definition) is 5. The first-order chi connectivity index (χ1) is 16.0. The quantitative estimate of drug-likeness (QED) is 0.625. The minimum absolute atomic E-state index is 0.107. The number of carbonyl (C=O) groups is 2. The lowest BCUT2D eigenvalue weighted by atomic mass is 9.95. The van der Waals surface area contributed by atoms with Crippen LogP contribution in [0.25, 0.3) is 0 Å². The third-order valence-corrected chi connectivity index (χ3v) is 5.96. The van der Waals surface area contributed by atoms with E-state index in [2.05, 4.69) is 15.0 Å². The Morgan fingerprint density at radius 1 is 1.00 bits per heavy atom. The molecule has 1 atom stereocenters. The molecule has 0 radical (unpaired) electrons. The van der Waals surface area contributed by atoms with Crippen LogP contribution in [0, 0.1) is 11.7 Å². The molecule has 1 unspecified atom stereocenters. The molecule has 0 bridgehead atoms. The Hall–Kier alpha value is -3.68. The van der Waals surface area contributed by atoms with Crippen LogP contribution in [0.15, 0.2) is 54.9 Å². The van der Waals surface area contributed by atoms with Crippen LogP contribution in [0.2, 0.25) is 0 Å². The molecule has 33 heavy (non-hydrogen) atoms. The first-order valence-corrected chi connectivity index (χ1v) is 11.1. The third kappa shape index (κ3) is 5.77. The second kappa shape index (κ2) is 10.3. The smallest absolute Gasteiger partial charge is 0.272 e. The molecular weight excluding hydrogens is 421 g/mol. The van der Waals surface area contributed by atoms with Crippen LogP contribution < -0.4 is 5.73 Å². The van der Waals surface area contributed by atoms with Crippen LogP contribution in [0.4, 0.5) is 4.39 Å². The Bertz CT molecular complexity index is 1150. The zero-order chi connectivity index (χ0) is 23.2. The maximum absolute atomic E-state index is 14.0. The molecule has 2 aromatic heterocycles. The highest BCUT2D eigenvalue weighted by atomic mass is 19.1. The minimum Gasteiger partial charge on any atom is -0.364 e. The minimum atomic E-state index is -0.568. The van der Waals surface area contributed by atoms with Crippen LogP contribution >= 0.6 is 0 Å². The van der Waals surface area contributed by atoms with Gasteiger partial charge in [-0.25, -0.2) is 19.3 Å². The number of primary amides is 1. The summed E-state index contributed by atoms with van der Waals surface area (Å²) >= 11 is 0. The lowest BCUT2D eigenvalue weighted by molar-refractivity contribution is 0.0753. The van der Waals surface area contributed by atoms with Crippen LogP contribution in [0.3, 0.4) is 0 Å². The molecule has 170 valence electrons. The molecule has 0 spiro atoms. The predicted octanol–water partition coefficient (Wildman–Crippen LogP) is 3.19. The molecule has 0 aliphatic carbocycles. The van der Waals surface area contributed by atoms with Crippen molar-refractivity contribution in [3.63, 3.8) is 0 Å². The fourth-order valence-corrected chi connectivity index (χ4v) is 4.21. The molecule has 1 saturated heterocycles. The molecule has 1 aromatic carbocycles. The van der Waals surface area contributed by atoms with Gasteiger partial charge >= 0.3 is 0 Å². The second-order valence-corrected chi connectivity index (χ2v) is 8.33. The average Bonchev–Trinajstić information content (AvgIpc) is 3.06. The van der Waals surface area contributed by atoms with E-state index in [-0.39, 0.29) is 17.4 Å². The van der Waals surface area contributed by atoms with E-state index in [4.69, 9.17) is 5.73 Å². The molecule has 1 aliphatic heterocycles. The van der Waals surface area contributed by atoms with Gasteiger partial charge in [0.25, 0.3) is 11.8 Å². The number of likely N-dealkylation sites (tertiary alicyclic amines) is 1. The summed E-state index contributed by atoms with van der Waals surface area (Å²) in [7, 11) is 0. The summed E-state index contributed by atoms with van der Waals surface area (Å²) < 4.78 is 14.0. The van der Waals surface area contributed by atoms with Crippen LogP contribution in [-0.2, 0) is 12.8 Å². The number of benzene rings is 1. The van der Waals surface area contributed by atoms with Crippen molar-refractivity contribution in [2.75, 3.05) is 13.1 Å². The van der Waals surface area contributed by atoms with Crippen molar-refractivity contribution in [3.05, 3.63) is 89.0 Å². The highest BCUT2D eigenvalue weighted by Gasteiger charge is 2.23. The number of amides is 2. The van der Waals surface area contributed by atoms with E-state index < -0.39 is 5.91 Å². The Balaban J connectivity index is 1.39. The third-order valence-electron chi connectivity index (χ3n) is 5.96. The molecule has 3 aromatic rings. The van der Waals surface area contributed by atoms with E-state index in [0.29, 0.717) is 48.8 Å². The number of halogens is 1. The van der Waals surface area contributed by atoms with Gasteiger partial charge in [0.2, 0.25) is 0 Å². The van der Waals surface area contributed by atoms with Crippen molar-refractivity contribution in [1.82, 2.24) is 19.9 Å². The highest BCUT2D eigenvalue weighted by Crippen LogP contribution is 2.22. The number of nitrogens with zero attached hydrogens (tertiary/aromatic N) is 4. The van der Waals surface area contributed by atoms with Gasteiger partial charge in [-0.1, -0.05) is 24.3 Å². The maximum atomic E-state index is 14.0. The van der Waals surface area contributed by atoms with E-state index >= 15 is 0 Å². The van der Waals surface area contributed by atoms with Crippen LogP contribution in [0.1, 0.15) is 57.2 Å². The van der Waals surface area contributed by atoms with E-state index in [1.165, 1.54) is 12.4 Å². The summed E-state index contributed by atoms with van der Waals surface area (Å²) in [6.07, 6.45) is 5.07. The molecule has 3 heterocycles. The van der Waals surface area contributed by atoms with Gasteiger partial charge in [-0.3, -0.25) is 9.59 Å². The zero-order valence-corrected chi connectivity index (χ0v) is 18.3. The lowest BCUT2D eigenvalue weighted by Gasteiger charge is -2.20. The number of aromatic nitrogens is 3. The van der Waals surface area contributed by atoms with Crippen molar-refractivity contribution < 1.29 is 14.0 Å². The first kappa shape index (κ1) is 22.5. The van der Waals surface area contributed by atoms with Gasteiger partial charge in [0, 0.05) is 30.9 Å². The largest absolute Gasteiger partial charge is 0.364 e. The summed E-state index contributed by atoms with van der Waals surface area (Å²) in [6.45, 7) is 1.28. The molecule has 2 amide bonds. The maximum Gasteiger partial charge on any atom is 0.272 e. The molecule has 8 heteroatoms. The van der Waals surface area contributed by atoms with E-state index in [0.717, 1.165) is 25.0 Å². The molecule has 1 fully saturated rings. The molecular formula is C25H26FN5O2. The Morgan fingerprint density at radius 2 is 1.85 bits per heavy atom. The lowest BCUT2D eigenvalue weighted by Crippen LogP contribution is -2.32. The number of nitrogens with two attached hydrogens (primary N) is 1. The summed E-state index contributed by atoms with van der Waals surface area (Å²) in [5.41, 5.74) is 7.90. The molecule has 2 N–H and O–H groups in total. The van der Waals surface area contributed by atoms with Gasteiger partial charge in [-0.15, -0.1) is 0 Å². The number of rotatable bonds is 6. The zero-order valence-electron chi connectivity index (χ0n) is 18.3. The Morgan fingerprint density at radius 3 is 2.67 bits per heavy atom. The van der Waals surface area contributed by atoms with Crippen molar-refractivity contribution in [1.29, 1.82) is 0 Å². The topological polar surface area (TPSA) is 102 Å². The van der Waals surface area contributed by atoms with E-state index in [9.17, 15) is 14.0 Å². The van der Waals surface area contributed by atoms with Crippen molar-refractivity contribution in [3.8, 4) is 0 Å². The van der Waals surface area contributed by atoms with Gasteiger partial charge in [-0.05, 0) is 61.4 Å². The molecule has 0 saturated carbocycles. The molecule has 4 rings (SSSR count). The fraction of sp³-hybridized carbons (Fsp3) is 0.320. The summed E-state index contributed by atoms with van der Waals surface area (Å²) in [5, 5.41) is 0. The summed E-state index contributed by atoms with van der Waals surface area (Å²) in [5.74, 6) is -0.606. The summed E-state index contributed by atoms with van der Waals surface area (Å²) in [6, 6.07) is 13.5. The van der Waals surface area contributed by atoms with Gasteiger partial charge in [0.15, 0.2) is 0 Å². The first-order valence-electron chi connectivity index (χ1n) is 11.1. The SMILES string of the molecule is NC(=O)c1cc(CC2CCCN(C(=O)c3cccc(Cc4ccccc4F)n3)CC2)ncn1. The summed E-state index contributed by atoms with van der Waals surface area (Å²) in [4.78, 5) is 39.0. The second-order valence-electron chi connectivity index (χ2n) is 8.33. The average molecular weight is 448 g/mol. The Kier molecular flexibility index (Phi) is 7.02. The van der Waals surface area contributed by atoms with Crippen molar-refractivity contribution in [2.24, 2.45) is 11.7 Å². The van der Waals surface area contributed by atoms with Crippen LogP contribution in [0.5, 0.6) is 0 Å². The molecule has 7 nitrogen and oxygen atoms in total. The predicted molar refractivity (Wildman–Crippen MR) is 121 cm³/mol. The Labute approximate surface area is 191 Å². The normalized spacial score (nSPS) is 16.3. The van der Waals surface area contributed by atoms with Gasteiger partial charge in [-0.2, -0.15) is 0 Å². The fourth-order valence-electron chi connectivity index (χ4n) is 4.21. The van der Waals surface area contributed by atoms with Gasteiger partial charge < -0.3 is 10.6 Å². The number of carbonyl (C=O) groups excluding carboxylic acids is 2. The van der Waals surface area contributed by atoms with E-state index in [1.54, 1.807) is 36.4 Å².